The van der Waals surface area contributed by atoms with Crippen LogP contribution in [0.5, 0.6) is 0 Å². The van der Waals surface area contributed by atoms with Gasteiger partial charge in [0.15, 0.2) is 5.78 Å². The smallest absolute Gasteiger partial charge is 0.362 e. The normalized spacial score (nSPS) is 26.1. The lowest BCUT2D eigenvalue weighted by molar-refractivity contribution is -0.274. The van der Waals surface area contributed by atoms with E-state index in [0.29, 0.717) is 0 Å². The van der Waals surface area contributed by atoms with Crippen molar-refractivity contribution < 1.29 is 23.1 Å². The number of Topliss-reactive ketones (excluding diaryl/α,β-unsaturated/α-hetero) is 1. The third-order valence-corrected chi connectivity index (χ3v) is 7.19. The summed E-state index contributed by atoms with van der Waals surface area (Å²) >= 11 is 8.10. The Hall–Kier alpha value is -2.12. The molecule has 10 heteroatoms. The van der Waals surface area contributed by atoms with Gasteiger partial charge in [-0.25, -0.2) is 4.99 Å². The number of alkyl halides is 3. The van der Waals surface area contributed by atoms with Crippen molar-refractivity contribution in [3.05, 3.63) is 69.9 Å². The molecule has 1 aromatic heterocycles. The van der Waals surface area contributed by atoms with Gasteiger partial charge in [-0.2, -0.15) is 18.4 Å². The highest BCUT2D eigenvalue weighted by Crippen LogP contribution is 2.53. The zero-order valence-electron chi connectivity index (χ0n) is 15.8. The van der Waals surface area contributed by atoms with Crippen LogP contribution >= 0.6 is 34.7 Å². The van der Waals surface area contributed by atoms with Crippen LogP contribution in [0.25, 0.3) is 0 Å². The topological polar surface area (TPSA) is 73.5 Å². The molecule has 0 saturated heterocycles. The Labute approximate surface area is 190 Å². The molecule has 1 aliphatic rings. The van der Waals surface area contributed by atoms with Crippen LogP contribution in [-0.4, -0.2) is 33.6 Å². The summed E-state index contributed by atoms with van der Waals surface area (Å²) in [5, 5.41) is 22.2. The summed E-state index contributed by atoms with van der Waals surface area (Å²) in [5.41, 5.74) is -3.56. The van der Waals surface area contributed by atoms with Crippen molar-refractivity contribution in [3.8, 4) is 6.07 Å². The zero-order valence-corrected chi connectivity index (χ0v) is 18.2. The molecule has 2 aromatic rings. The Morgan fingerprint density at radius 2 is 2.10 bits per heavy atom. The highest BCUT2D eigenvalue weighted by molar-refractivity contribution is 8.14. The Bertz CT molecular complexity index is 1050. The molecule has 0 spiro atoms. The molecule has 0 amide bonds. The second-order valence-corrected chi connectivity index (χ2v) is 9.14. The van der Waals surface area contributed by atoms with Crippen LogP contribution in [-0.2, 0) is 0 Å². The first-order valence-corrected chi connectivity index (χ1v) is 11.2. The van der Waals surface area contributed by atoms with E-state index in [1.807, 2.05) is 6.07 Å². The molecule has 0 fully saturated rings. The SMILES string of the molecule is C=CCSC1=NC(O)(C(F)(F)F)C(C(=O)c2cccs2)C(c2ccccc2Cl)C1C#N. The summed E-state index contributed by atoms with van der Waals surface area (Å²) in [6, 6.07) is 11.0. The van der Waals surface area contributed by atoms with Crippen LogP contribution in [0, 0.1) is 23.2 Å². The van der Waals surface area contributed by atoms with E-state index in [0.717, 1.165) is 23.1 Å². The quantitative estimate of drug-likeness (QED) is 0.436. The highest BCUT2D eigenvalue weighted by atomic mass is 35.5. The average Bonchev–Trinajstić information content (AvgIpc) is 3.26. The number of benzene rings is 1. The van der Waals surface area contributed by atoms with Gasteiger partial charge in [-0.05, 0) is 23.1 Å². The number of ketones is 1. The standard InChI is InChI=1S/C21H16ClF3N2O2S2/c1-2-9-31-19-13(11-26)16(12-6-3-4-7-14(12)22)17(18(28)15-8-5-10-30-15)20(29,27-19)21(23,24)25/h2-8,10,13,16-17,29H,1,9H2. The van der Waals surface area contributed by atoms with Gasteiger partial charge in [0.25, 0.3) is 5.72 Å². The summed E-state index contributed by atoms with van der Waals surface area (Å²) in [7, 11) is 0. The number of aliphatic imine (C=N–C) groups is 1. The maximum atomic E-state index is 14.2. The Kier molecular flexibility index (Phi) is 6.96. The molecule has 0 radical (unpaired) electrons. The van der Waals surface area contributed by atoms with Crippen molar-refractivity contribution in [1.29, 1.82) is 5.26 Å². The maximum Gasteiger partial charge on any atom is 0.439 e. The van der Waals surface area contributed by atoms with Crippen LogP contribution in [0.1, 0.15) is 21.2 Å². The van der Waals surface area contributed by atoms with E-state index >= 15 is 0 Å². The molecule has 31 heavy (non-hydrogen) atoms. The minimum atomic E-state index is -5.27. The Morgan fingerprint density at radius 3 is 2.65 bits per heavy atom. The lowest BCUT2D eigenvalue weighted by atomic mass is 9.68. The van der Waals surface area contributed by atoms with Crippen molar-refractivity contribution in [1.82, 2.24) is 0 Å². The van der Waals surface area contributed by atoms with Gasteiger partial charge < -0.3 is 5.11 Å². The third-order valence-electron chi connectivity index (χ3n) is 4.91. The minimum Gasteiger partial charge on any atom is -0.362 e. The number of thioether (sulfide) groups is 1. The molecular weight excluding hydrogens is 469 g/mol. The van der Waals surface area contributed by atoms with Gasteiger partial charge >= 0.3 is 6.18 Å². The molecule has 1 aliphatic heterocycles. The molecule has 3 rings (SSSR count). The fourth-order valence-corrected chi connectivity index (χ4v) is 5.40. The van der Waals surface area contributed by atoms with Gasteiger partial charge in [-0.3, -0.25) is 4.79 Å². The van der Waals surface area contributed by atoms with Crippen molar-refractivity contribution in [2.24, 2.45) is 16.8 Å². The van der Waals surface area contributed by atoms with Crippen LogP contribution in [0.4, 0.5) is 13.2 Å². The molecule has 1 aromatic carbocycles. The first-order chi connectivity index (χ1) is 14.7. The Balaban J connectivity index is 2.33. The van der Waals surface area contributed by atoms with Crippen molar-refractivity contribution in [3.63, 3.8) is 0 Å². The fraction of sp³-hybridized carbons (Fsp3) is 0.286. The molecule has 162 valence electrons. The second-order valence-electron chi connectivity index (χ2n) is 6.75. The monoisotopic (exact) mass is 484 g/mol. The molecule has 0 aliphatic carbocycles. The van der Waals surface area contributed by atoms with Crippen LogP contribution in [0.2, 0.25) is 5.02 Å². The largest absolute Gasteiger partial charge is 0.439 e. The van der Waals surface area contributed by atoms with Crippen LogP contribution in [0.3, 0.4) is 0 Å². The van der Waals surface area contributed by atoms with E-state index < -0.39 is 35.4 Å². The molecule has 1 N–H and O–H groups in total. The molecule has 0 bridgehead atoms. The molecule has 4 unspecified atom stereocenters. The number of aliphatic hydroxyl groups is 1. The fourth-order valence-electron chi connectivity index (χ4n) is 3.57. The summed E-state index contributed by atoms with van der Waals surface area (Å²) < 4.78 is 42.7. The van der Waals surface area contributed by atoms with Crippen LogP contribution in [0.15, 0.2) is 59.4 Å². The second kappa shape index (κ2) is 9.17. The molecule has 2 heterocycles. The number of thiophene rings is 1. The van der Waals surface area contributed by atoms with E-state index in [1.165, 1.54) is 30.3 Å². The van der Waals surface area contributed by atoms with Gasteiger partial charge in [0.05, 0.1) is 21.9 Å². The molecule has 0 saturated carbocycles. The lowest BCUT2D eigenvalue weighted by Gasteiger charge is -2.44. The zero-order chi connectivity index (χ0) is 22.8. The summed E-state index contributed by atoms with van der Waals surface area (Å²) in [6.07, 6.45) is -3.83. The number of hydrogen-bond donors (Lipinski definition) is 1. The number of halogens is 4. The number of nitriles is 1. The summed E-state index contributed by atoms with van der Waals surface area (Å²) in [4.78, 5) is 16.9. The molecular formula is C21H16ClF3N2O2S2. The molecule has 4 atom stereocenters. The van der Waals surface area contributed by atoms with E-state index in [-0.39, 0.29) is 26.3 Å². The highest BCUT2D eigenvalue weighted by Gasteiger charge is 2.67. The first kappa shape index (κ1) is 23.5. The number of rotatable bonds is 5. The maximum absolute atomic E-state index is 14.2. The predicted octanol–water partition coefficient (Wildman–Crippen LogP) is 5.71. The lowest BCUT2D eigenvalue weighted by Crippen LogP contribution is -2.59. The first-order valence-electron chi connectivity index (χ1n) is 9.00. The molecule has 4 nitrogen and oxygen atoms in total. The average molecular weight is 485 g/mol. The van der Waals surface area contributed by atoms with E-state index in [1.54, 1.807) is 17.5 Å². The van der Waals surface area contributed by atoms with Crippen molar-refractivity contribution >= 4 is 45.5 Å². The van der Waals surface area contributed by atoms with E-state index in [2.05, 4.69) is 11.6 Å². The van der Waals surface area contributed by atoms with Crippen LogP contribution < -0.4 is 0 Å². The minimum absolute atomic E-state index is 0.0267. The number of carbonyl (C=O) groups is 1. The summed E-state index contributed by atoms with van der Waals surface area (Å²) in [6.45, 7) is 3.53. The van der Waals surface area contributed by atoms with Crippen molar-refractivity contribution in [2.75, 3.05) is 5.75 Å². The third kappa shape index (κ3) is 4.30. The van der Waals surface area contributed by atoms with Gasteiger partial charge in [0.2, 0.25) is 0 Å². The number of hydrogen-bond acceptors (Lipinski definition) is 6. The summed E-state index contributed by atoms with van der Waals surface area (Å²) in [5.74, 6) is -5.46. The van der Waals surface area contributed by atoms with Crippen molar-refractivity contribution in [2.45, 2.75) is 17.8 Å². The van der Waals surface area contributed by atoms with E-state index in [4.69, 9.17) is 11.6 Å². The van der Waals surface area contributed by atoms with Gasteiger partial charge in [-0.15, -0.1) is 29.7 Å². The number of nitrogens with zero attached hydrogens (tertiary/aromatic N) is 2. The van der Waals surface area contributed by atoms with Gasteiger partial charge in [-0.1, -0.05) is 41.9 Å². The number of carbonyl (C=O) groups excluding carboxylic acids is 1. The van der Waals surface area contributed by atoms with E-state index in [9.17, 15) is 28.3 Å². The van der Waals surface area contributed by atoms with Gasteiger partial charge in [0.1, 0.15) is 5.92 Å². The Morgan fingerprint density at radius 1 is 1.39 bits per heavy atom. The van der Waals surface area contributed by atoms with Gasteiger partial charge in [0, 0.05) is 16.7 Å². The predicted molar refractivity (Wildman–Crippen MR) is 117 cm³/mol.